The van der Waals surface area contributed by atoms with Crippen molar-refractivity contribution < 1.29 is 33.6 Å². The van der Waals surface area contributed by atoms with E-state index < -0.39 is 12.0 Å². The molecule has 0 amide bonds. The molecule has 0 aliphatic rings. The van der Waals surface area contributed by atoms with Crippen molar-refractivity contribution in [3.05, 3.63) is 113 Å². The summed E-state index contributed by atoms with van der Waals surface area (Å²) in [4.78, 5) is 25.2. The Bertz CT molecular complexity index is 1450. The number of methoxy groups -OCH3 is 3. The maximum Gasteiger partial charge on any atom is 0.326 e. The molecule has 0 saturated heterocycles. The van der Waals surface area contributed by atoms with E-state index in [2.05, 4.69) is 5.32 Å². The van der Waals surface area contributed by atoms with Crippen molar-refractivity contribution in [3.8, 4) is 23.0 Å². The topological polar surface area (TPSA) is 103 Å². The van der Waals surface area contributed by atoms with Crippen LogP contribution in [0, 0.1) is 0 Å². The van der Waals surface area contributed by atoms with Crippen molar-refractivity contribution in [2.45, 2.75) is 19.1 Å². The van der Waals surface area contributed by atoms with Gasteiger partial charge < -0.3 is 29.4 Å². The zero-order valence-electron chi connectivity index (χ0n) is 22.5. The van der Waals surface area contributed by atoms with Crippen LogP contribution in [0.2, 0.25) is 0 Å². The number of para-hydroxylation sites is 1. The fourth-order valence-electron chi connectivity index (χ4n) is 4.26. The van der Waals surface area contributed by atoms with Crippen LogP contribution in [0.5, 0.6) is 23.0 Å². The number of aliphatic carboxylic acids is 1. The van der Waals surface area contributed by atoms with Gasteiger partial charge in [-0.3, -0.25) is 4.79 Å². The lowest BCUT2D eigenvalue weighted by molar-refractivity contribution is -0.137. The van der Waals surface area contributed by atoms with Crippen molar-refractivity contribution in [2.75, 3.05) is 26.6 Å². The summed E-state index contributed by atoms with van der Waals surface area (Å²) in [6.45, 7) is 0.231. The average molecular weight is 542 g/mol. The summed E-state index contributed by atoms with van der Waals surface area (Å²) < 4.78 is 22.1. The highest BCUT2D eigenvalue weighted by atomic mass is 16.5. The molecule has 8 nitrogen and oxygen atoms in total. The number of hydrogen-bond donors (Lipinski definition) is 2. The molecule has 0 bridgehead atoms. The first-order chi connectivity index (χ1) is 19.4. The van der Waals surface area contributed by atoms with Crippen LogP contribution in [0.15, 0.2) is 91.0 Å². The number of carbonyl (C=O) groups is 2. The maximum atomic E-state index is 13.1. The summed E-state index contributed by atoms with van der Waals surface area (Å²) in [6.07, 6.45) is 0.201. The van der Waals surface area contributed by atoms with E-state index in [0.717, 1.165) is 11.1 Å². The average Bonchev–Trinajstić information content (AvgIpc) is 3.00. The van der Waals surface area contributed by atoms with Crippen molar-refractivity contribution in [1.29, 1.82) is 0 Å². The van der Waals surface area contributed by atoms with Crippen LogP contribution >= 0.6 is 0 Å². The Morgan fingerprint density at radius 2 is 1.40 bits per heavy atom. The van der Waals surface area contributed by atoms with Crippen LogP contribution in [0.1, 0.15) is 27.0 Å². The predicted octanol–water partition coefficient (Wildman–Crippen LogP) is 5.63. The van der Waals surface area contributed by atoms with Crippen LogP contribution < -0.4 is 24.3 Å². The van der Waals surface area contributed by atoms with Crippen molar-refractivity contribution in [1.82, 2.24) is 0 Å². The number of anilines is 1. The Hall–Kier alpha value is -4.98. The zero-order chi connectivity index (χ0) is 28.5. The number of ether oxygens (including phenoxy) is 4. The van der Waals surface area contributed by atoms with Crippen LogP contribution in [-0.2, 0) is 17.8 Å². The minimum Gasteiger partial charge on any atom is -0.496 e. The number of carbonyl (C=O) groups excluding carboxylic acids is 1. The SMILES string of the molecule is COc1cc(OC)c(OC)cc1COc1ccc(C[C@H](Nc2ccccc2C(=O)c2ccccc2)C(=O)O)cc1. The molecule has 40 heavy (non-hydrogen) atoms. The molecule has 0 aliphatic carbocycles. The number of carboxylic acid groups (broad SMARTS) is 1. The largest absolute Gasteiger partial charge is 0.496 e. The minimum absolute atomic E-state index is 0.180. The third kappa shape index (κ3) is 6.71. The van der Waals surface area contributed by atoms with Gasteiger partial charge >= 0.3 is 5.97 Å². The normalized spacial score (nSPS) is 11.3. The number of nitrogens with one attached hydrogen (secondary N) is 1. The predicted molar refractivity (Wildman–Crippen MR) is 152 cm³/mol. The number of ketones is 1. The molecule has 0 radical (unpaired) electrons. The van der Waals surface area contributed by atoms with Gasteiger partial charge in [-0.1, -0.05) is 54.6 Å². The Morgan fingerprint density at radius 3 is 2.05 bits per heavy atom. The van der Waals surface area contributed by atoms with Gasteiger partial charge in [-0.25, -0.2) is 4.79 Å². The van der Waals surface area contributed by atoms with Gasteiger partial charge in [0.2, 0.25) is 0 Å². The summed E-state index contributed by atoms with van der Waals surface area (Å²) in [5, 5.41) is 13.0. The molecule has 0 saturated carbocycles. The quantitative estimate of drug-likeness (QED) is 0.210. The minimum atomic E-state index is -1.03. The second kappa shape index (κ2) is 13.2. The molecule has 0 unspecified atom stereocenters. The summed E-state index contributed by atoms with van der Waals surface area (Å²) in [7, 11) is 4.69. The smallest absolute Gasteiger partial charge is 0.326 e. The van der Waals surface area contributed by atoms with E-state index in [0.29, 0.717) is 39.8 Å². The second-order valence-electron chi connectivity index (χ2n) is 8.93. The van der Waals surface area contributed by atoms with Gasteiger partial charge in [-0.05, 0) is 35.9 Å². The van der Waals surface area contributed by atoms with Crippen molar-refractivity contribution in [3.63, 3.8) is 0 Å². The lowest BCUT2D eigenvalue weighted by Gasteiger charge is -2.18. The maximum absolute atomic E-state index is 13.1. The highest BCUT2D eigenvalue weighted by molar-refractivity contribution is 6.12. The standard InChI is InChI=1S/C32H31NO7/c1-37-28-19-30(39-3)29(38-2)18-23(28)20-40-24-15-13-21(14-16-24)17-27(32(35)36)33-26-12-8-7-11-25(26)31(34)22-9-5-4-6-10-22/h4-16,18-19,27,33H,17,20H2,1-3H3,(H,35,36)/t27-/m0/s1. The van der Waals surface area contributed by atoms with Gasteiger partial charge in [0.25, 0.3) is 0 Å². The molecular formula is C32H31NO7. The number of carboxylic acids is 1. The van der Waals surface area contributed by atoms with E-state index in [1.165, 1.54) is 0 Å². The van der Waals surface area contributed by atoms with Crippen molar-refractivity contribution >= 4 is 17.4 Å². The van der Waals surface area contributed by atoms with Crippen LogP contribution in [0.3, 0.4) is 0 Å². The van der Waals surface area contributed by atoms with Gasteiger partial charge in [0, 0.05) is 34.9 Å². The zero-order valence-corrected chi connectivity index (χ0v) is 22.5. The lowest BCUT2D eigenvalue weighted by Crippen LogP contribution is -2.32. The molecule has 8 heteroatoms. The summed E-state index contributed by atoms with van der Waals surface area (Å²) in [5.74, 6) is 1.13. The molecule has 4 rings (SSSR count). The molecule has 206 valence electrons. The molecule has 0 aliphatic heterocycles. The highest BCUT2D eigenvalue weighted by Gasteiger charge is 2.21. The lowest BCUT2D eigenvalue weighted by atomic mass is 10.00. The molecular weight excluding hydrogens is 510 g/mol. The van der Waals surface area contributed by atoms with Crippen LogP contribution in [0.4, 0.5) is 5.69 Å². The Labute approximate surface area is 233 Å². The first-order valence-electron chi connectivity index (χ1n) is 12.6. The fourth-order valence-corrected chi connectivity index (χ4v) is 4.26. The first kappa shape index (κ1) is 28.0. The molecule has 1 atom stereocenters. The Kier molecular flexibility index (Phi) is 9.25. The molecule has 4 aromatic carbocycles. The number of benzene rings is 4. The summed E-state index contributed by atoms with van der Waals surface area (Å²) in [6, 6.07) is 25.6. The van der Waals surface area contributed by atoms with Gasteiger partial charge in [-0.2, -0.15) is 0 Å². The van der Waals surface area contributed by atoms with Crippen LogP contribution in [-0.4, -0.2) is 44.2 Å². The van der Waals surface area contributed by atoms with E-state index >= 15 is 0 Å². The third-order valence-electron chi connectivity index (χ3n) is 6.38. The molecule has 0 heterocycles. The Balaban J connectivity index is 1.44. The fraction of sp³-hybridized carbons (Fsp3) is 0.188. The molecule has 2 N–H and O–H groups in total. The second-order valence-corrected chi connectivity index (χ2v) is 8.93. The van der Waals surface area contributed by atoms with Gasteiger partial charge in [0.15, 0.2) is 17.3 Å². The molecule has 0 aromatic heterocycles. The van der Waals surface area contributed by atoms with Gasteiger partial charge in [0.1, 0.15) is 24.1 Å². The van der Waals surface area contributed by atoms with E-state index in [1.807, 2.05) is 18.2 Å². The summed E-state index contributed by atoms with van der Waals surface area (Å²) >= 11 is 0. The van der Waals surface area contributed by atoms with E-state index in [-0.39, 0.29) is 18.8 Å². The summed E-state index contributed by atoms with van der Waals surface area (Å²) in [5.41, 5.74) is 2.98. The monoisotopic (exact) mass is 541 g/mol. The van der Waals surface area contributed by atoms with E-state index in [1.54, 1.807) is 94.1 Å². The van der Waals surface area contributed by atoms with Gasteiger partial charge in [-0.15, -0.1) is 0 Å². The van der Waals surface area contributed by atoms with E-state index in [9.17, 15) is 14.7 Å². The number of rotatable bonds is 13. The van der Waals surface area contributed by atoms with Crippen molar-refractivity contribution in [2.24, 2.45) is 0 Å². The Morgan fingerprint density at radius 1 is 0.775 bits per heavy atom. The first-order valence-corrected chi connectivity index (χ1v) is 12.6. The molecule has 0 spiro atoms. The van der Waals surface area contributed by atoms with Gasteiger partial charge in [0.05, 0.1) is 21.3 Å². The van der Waals surface area contributed by atoms with Crippen LogP contribution in [0.25, 0.3) is 0 Å². The number of hydrogen-bond acceptors (Lipinski definition) is 7. The van der Waals surface area contributed by atoms with E-state index in [4.69, 9.17) is 18.9 Å². The molecule has 4 aromatic rings. The molecule has 0 fully saturated rings. The highest BCUT2D eigenvalue weighted by Crippen LogP contribution is 2.35. The third-order valence-corrected chi connectivity index (χ3v) is 6.38.